The van der Waals surface area contributed by atoms with Gasteiger partial charge >= 0.3 is 11.9 Å². The fourth-order valence-electron chi connectivity index (χ4n) is 14.8. The molecule has 0 aromatic heterocycles. The summed E-state index contributed by atoms with van der Waals surface area (Å²) < 4.78 is 6.21. The van der Waals surface area contributed by atoms with Crippen LogP contribution in [0.15, 0.2) is 35.4 Å². The highest BCUT2D eigenvalue weighted by molar-refractivity contribution is 6.30. The highest BCUT2D eigenvalue weighted by Crippen LogP contribution is 2.77. The molecule has 5 fully saturated rings. The number of esters is 1. The number of nitrogens with zero attached hydrogens (tertiary/aromatic N) is 2. The molecule has 5 saturated carbocycles. The maximum Gasteiger partial charge on any atom is 0.309 e. The number of likely N-dealkylation sites (N-methyl/N-ethyl adjacent to an activating group) is 1. The number of allylic oxidation sites excluding steroid dienone is 1. The first-order valence-electron chi connectivity index (χ1n) is 22.9. The smallest absolute Gasteiger partial charge is 0.309 e. The number of ketones is 1. The fourth-order valence-corrected chi connectivity index (χ4v) is 14.9. The van der Waals surface area contributed by atoms with Crippen molar-refractivity contribution >= 4 is 29.3 Å². The van der Waals surface area contributed by atoms with Crippen LogP contribution in [0.5, 0.6) is 0 Å². The number of aliphatic hydroxyl groups excluding tert-OH is 1. The SMILES string of the molecule is CC(C)C1=C2[C@H]3CC[C@@H]4[C@@]5(C)CC[C@H](OC(=O)CC(C)(C)C(=O)O)C(C)(C)[C@@H]5CC[C@@]4(C)[C@]3(C)CCC2([C@@H](O)CN(CCN(C)C)C2(c3ccc(Cl)cc3)CC2)CC1=O. The van der Waals surface area contributed by atoms with E-state index in [1.165, 1.54) is 11.1 Å². The third-order valence-corrected chi connectivity index (χ3v) is 18.7. The number of ether oxygens (including phenoxy) is 1. The van der Waals surface area contributed by atoms with Gasteiger partial charge in [0.05, 0.1) is 17.9 Å². The highest BCUT2D eigenvalue weighted by atomic mass is 35.5. The molecule has 1 aromatic carbocycles. The third-order valence-electron chi connectivity index (χ3n) is 18.4. The Hall–Kier alpha value is -2.26. The highest BCUT2D eigenvalue weighted by Gasteiger charge is 2.71. The van der Waals surface area contributed by atoms with E-state index in [1.54, 1.807) is 13.8 Å². The molecule has 59 heavy (non-hydrogen) atoms. The second kappa shape index (κ2) is 15.2. The van der Waals surface area contributed by atoms with Gasteiger partial charge in [-0.05, 0) is 155 Å². The second-order valence-corrected chi connectivity index (χ2v) is 23.3. The Morgan fingerprint density at radius 1 is 0.881 bits per heavy atom. The van der Waals surface area contributed by atoms with E-state index in [9.17, 15) is 24.6 Å². The quantitative estimate of drug-likeness (QED) is 0.189. The molecule has 0 saturated heterocycles. The van der Waals surface area contributed by atoms with Crippen LogP contribution in [0.1, 0.15) is 145 Å². The van der Waals surface area contributed by atoms with E-state index in [2.05, 4.69) is 84.5 Å². The van der Waals surface area contributed by atoms with Crippen molar-refractivity contribution in [2.24, 2.45) is 56.2 Å². The van der Waals surface area contributed by atoms with Gasteiger partial charge in [0.25, 0.3) is 0 Å². The van der Waals surface area contributed by atoms with E-state index in [4.69, 9.17) is 16.3 Å². The van der Waals surface area contributed by atoms with Crippen molar-refractivity contribution in [2.45, 2.75) is 157 Å². The first-order chi connectivity index (χ1) is 27.4. The molecule has 0 amide bonds. The number of aliphatic carboxylic acids is 1. The molecule has 8 nitrogen and oxygen atoms in total. The van der Waals surface area contributed by atoms with Crippen LogP contribution in [0.2, 0.25) is 5.02 Å². The predicted molar refractivity (Wildman–Crippen MR) is 234 cm³/mol. The van der Waals surface area contributed by atoms with Gasteiger partial charge in [0, 0.05) is 47.4 Å². The molecular weight excluding hydrogens is 760 g/mol. The molecule has 7 rings (SSSR count). The monoisotopic (exact) mass is 835 g/mol. The van der Waals surface area contributed by atoms with Crippen LogP contribution >= 0.6 is 11.6 Å². The minimum atomic E-state index is -1.17. The fraction of sp³-hybridized carbons (Fsp3) is 0.780. The van der Waals surface area contributed by atoms with Gasteiger partial charge in [-0.2, -0.15) is 0 Å². The number of hydrogen-bond acceptors (Lipinski definition) is 7. The van der Waals surface area contributed by atoms with E-state index in [0.717, 1.165) is 87.9 Å². The van der Waals surface area contributed by atoms with Crippen molar-refractivity contribution in [1.29, 1.82) is 0 Å². The molecule has 6 aliphatic carbocycles. The molecule has 9 heteroatoms. The minimum Gasteiger partial charge on any atom is -0.481 e. The van der Waals surface area contributed by atoms with Gasteiger partial charge < -0.3 is 19.8 Å². The third kappa shape index (κ3) is 7.08. The summed E-state index contributed by atoms with van der Waals surface area (Å²) in [5, 5.41) is 23.3. The van der Waals surface area contributed by atoms with E-state index < -0.39 is 28.9 Å². The molecule has 0 bridgehead atoms. The van der Waals surface area contributed by atoms with Crippen LogP contribution in [-0.2, 0) is 24.7 Å². The molecule has 0 heterocycles. The molecule has 9 atom stereocenters. The van der Waals surface area contributed by atoms with Gasteiger partial charge in [-0.25, -0.2) is 0 Å². The molecule has 328 valence electrons. The van der Waals surface area contributed by atoms with Gasteiger partial charge in [0.15, 0.2) is 5.78 Å². The Morgan fingerprint density at radius 2 is 1.54 bits per heavy atom. The summed E-state index contributed by atoms with van der Waals surface area (Å²) >= 11 is 6.36. The number of carboxylic acid groups (broad SMARTS) is 1. The second-order valence-electron chi connectivity index (χ2n) is 22.9. The number of rotatable bonds is 13. The zero-order valence-corrected chi connectivity index (χ0v) is 38.9. The number of fused-ring (bicyclic) bond motifs is 7. The van der Waals surface area contributed by atoms with Gasteiger partial charge in [0.2, 0.25) is 0 Å². The van der Waals surface area contributed by atoms with Crippen LogP contribution in [0.25, 0.3) is 0 Å². The standard InChI is InChI=1S/C50H75ClN2O6/c1-31(2)41-35(54)28-49(38(55)30-53(27-26-52(10)11)50(24-25-50)32-12-14-33(51)15-13-32)23-22-47(8)34(42(41)49)16-17-37-46(7)20-19-39(59-40(56)29-44(3,4)43(57)58)45(5,6)36(46)18-21-48(37,47)9/h12-15,31,34,36-39,55H,16-30H2,1-11H3,(H,57,58)/t34-,36+,37-,38+,39+,46+,47-,48-,49?/m1/s1. The summed E-state index contributed by atoms with van der Waals surface area (Å²) in [4.78, 5) is 44.2. The number of carboxylic acids is 1. The van der Waals surface area contributed by atoms with Crippen LogP contribution in [0, 0.1) is 56.2 Å². The van der Waals surface area contributed by atoms with Gasteiger partial charge in [-0.15, -0.1) is 0 Å². The van der Waals surface area contributed by atoms with Crippen molar-refractivity contribution < 1.29 is 29.3 Å². The molecule has 0 radical (unpaired) electrons. The first kappa shape index (κ1) is 44.8. The summed E-state index contributed by atoms with van der Waals surface area (Å²) in [6, 6.07) is 8.30. The van der Waals surface area contributed by atoms with Crippen LogP contribution in [-0.4, -0.2) is 83.7 Å². The number of hydrogen-bond donors (Lipinski definition) is 2. The van der Waals surface area contributed by atoms with E-state index in [0.29, 0.717) is 24.8 Å². The number of carbonyl (C=O) groups excluding carboxylic acids is 2. The van der Waals surface area contributed by atoms with E-state index in [1.807, 2.05) is 12.1 Å². The summed E-state index contributed by atoms with van der Waals surface area (Å²) in [7, 11) is 4.22. The van der Waals surface area contributed by atoms with Gasteiger partial charge in [-0.3, -0.25) is 19.3 Å². The van der Waals surface area contributed by atoms with E-state index >= 15 is 0 Å². The molecule has 1 aromatic rings. The molecule has 1 unspecified atom stereocenters. The average molecular weight is 836 g/mol. The lowest BCUT2D eigenvalue weighted by molar-refractivity contribution is -0.235. The number of halogens is 1. The number of benzene rings is 1. The molecule has 6 aliphatic rings. The van der Waals surface area contributed by atoms with Gasteiger partial charge in [0.1, 0.15) is 6.10 Å². The van der Waals surface area contributed by atoms with Crippen molar-refractivity contribution in [3.8, 4) is 0 Å². The summed E-state index contributed by atoms with van der Waals surface area (Å²) in [5.41, 5.74) is 1.52. The predicted octanol–water partition coefficient (Wildman–Crippen LogP) is 9.95. The summed E-state index contributed by atoms with van der Waals surface area (Å²) in [6.07, 6.45) is 9.26. The largest absolute Gasteiger partial charge is 0.481 e. The minimum absolute atomic E-state index is 0.0330. The molecule has 0 aliphatic heterocycles. The Labute approximate surface area is 360 Å². The lowest BCUT2D eigenvalue weighted by Crippen LogP contribution is -2.66. The number of Topliss-reactive ketones (excluding diaryl/α,β-unsaturated/α-hetero) is 1. The van der Waals surface area contributed by atoms with Crippen LogP contribution in [0.4, 0.5) is 0 Å². The summed E-state index contributed by atoms with van der Waals surface area (Å²) in [5.74, 6) is 0.0158. The zero-order chi connectivity index (χ0) is 43.3. The number of carbonyl (C=O) groups is 3. The Bertz CT molecular complexity index is 1850. The molecule has 0 spiro atoms. The maximum atomic E-state index is 14.5. The van der Waals surface area contributed by atoms with Crippen LogP contribution < -0.4 is 0 Å². The normalized spacial score (nSPS) is 36.5. The van der Waals surface area contributed by atoms with Crippen LogP contribution in [0.3, 0.4) is 0 Å². The lowest BCUT2D eigenvalue weighted by atomic mass is 9.33. The lowest BCUT2D eigenvalue weighted by Gasteiger charge is -2.72. The van der Waals surface area contributed by atoms with Crippen molar-refractivity contribution in [2.75, 3.05) is 33.7 Å². The first-order valence-corrected chi connectivity index (χ1v) is 23.3. The Kier molecular flexibility index (Phi) is 11.6. The van der Waals surface area contributed by atoms with Crippen molar-refractivity contribution in [3.63, 3.8) is 0 Å². The van der Waals surface area contributed by atoms with E-state index in [-0.39, 0.29) is 57.3 Å². The average Bonchev–Trinajstić information content (AvgIpc) is 3.88. The zero-order valence-electron chi connectivity index (χ0n) is 38.2. The Balaban J connectivity index is 1.18. The topological polar surface area (TPSA) is 107 Å². The molecule has 2 N–H and O–H groups in total. The van der Waals surface area contributed by atoms with Crippen molar-refractivity contribution in [3.05, 3.63) is 46.0 Å². The Morgan fingerprint density at radius 3 is 2.14 bits per heavy atom. The maximum absolute atomic E-state index is 14.5. The van der Waals surface area contributed by atoms with Crippen molar-refractivity contribution in [1.82, 2.24) is 9.80 Å². The molecular formula is C50H75ClN2O6. The summed E-state index contributed by atoms with van der Waals surface area (Å²) in [6.45, 7) is 22.1. The van der Waals surface area contributed by atoms with Gasteiger partial charge in [-0.1, -0.05) is 77.8 Å². The number of aliphatic hydroxyl groups is 1.